The number of anilines is 2. The summed E-state index contributed by atoms with van der Waals surface area (Å²) >= 11 is 0. The van der Waals surface area contributed by atoms with E-state index in [1.54, 1.807) is 13.3 Å². The summed E-state index contributed by atoms with van der Waals surface area (Å²) in [6.07, 6.45) is 6.19. The Kier molecular flexibility index (Phi) is 5.66. The van der Waals surface area contributed by atoms with Gasteiger partial charge in [-0.1, -0.05) is 6.07 Å². The lowest BCUT2D eigenvalue weighted by Gasteiger charge is -2.20. The summed E-state index contributed by atoms with van der Waals surface area (Å²) in [5.41, 5.74) is 3.77. The molecule has 30 heavy (non-hydrogen) atoms. The Bertz CT molecular complexity index is 1140. The summed E-state index contributed by atoms with van der Waals surface area (Å²) in [5.74, 6) is 1.70. The van der Waals surface area contributed by atoms with Gasteiger partial charge in [0.2, 0.25) is 0 Å². The first-order valence-electron chi connectivity index (χ1n) is 9.82. The number of ether oxygens (including phenoxy) is 1. The van der Waals surface area contributed by atoms with E-state index in [0.29, 0.717) is 12.1 Å². The Labute approximate surface area is 175 Å². The molecule has 0 spiro atoms. The topological polar surface area (TPSA) is 58.9 Å². The van der Waals surface area contributed by atoms with E-state index < -0.39 is 0 Å². The van der Waals surface area contributed by atoms with Gasteiger partial charge in [-0.2, -0.15) is 0 Å². The van der Waals surface area contributed by atoms with Gasteiger partial charge in [-0.25, -0.2) is 0 Å². The first-order chi connectivity index (χ1) is 14.7. The number of hydrogen-bond donors (Lipinski definition) is 1. The Morgan fingerprint density at radius 2 is 1.90 bits per heavy atom. The first-order valence-corrected chi connectivity index (χ1v) is 9.82. The second-order valence-electron chi connectivity index (χ2n) is 7.03. The highest BCUT2D eigenvalue weighted by Crippen LogP contribution is 2.27. The van der Waals surface area contributed by atoms with Crippen LogP contribution in [0, 0.1) is 0 Å². The average molecular weight is 400 g/mol. The van der Waals surface area contributed by atoms with E-state index in [2.05, 4.69) is 15.2 Å². The van der Waals surface area contributed by atoms with Crippen molar-refractivity contribution in [3.63, 3.8) is 0 Å². The average Bonchev–Trinajstić information content (AvgIpc) is 3.22. The molecule has 1 amide bonds. The molecular weight excluding hydrogens is 376 g/mol. The number of aromatic nitrogens is 2. The standard InChI is InChI=1S/C24H24N4O2/c1-27(20-7-10-22(30-2)11-8-20)23-12-9-21-6-5-19(17-28(21)23)24(29)26-15-13-18-4-3-14-25-16-18/h3-12,14,16-17H,13,15H2,1-2H3,(H,26,29). The normalized spacial score (nSPS) is 10.7. The molecule has 0 radical (unpaired) electrons. The van der Waals surface area contributed by atoms with E-state index in [1.165, 1.54) is 0 Å². The lowest BCUT2D eigenvalue weighted by atomic mass is 10.2. The monoisotopic (exact) mass is 400 g/mol. The minimum absolute atomic E-state index is 0.0902. The molecule has 1 aromatic carbocycles. The fraction of sp³-hybridized carbons (Fsp3) is 0.167. The minimum atomic E-state index is -0.0902. The molecule has 0 aliphatic heterocycles. The number of benzene rings is 1. The summed E-state index contributed by atoms with van der Waals surface area (Å²) in [7, 11) is 3.66. The van der Waals surface area contributed by atoms with Crippen LogP contribution in [0.25, 0.3) is 5.52 Å². The SMILES string of the molecule is COc1ccc(N(C)c2ccc3ccc(C(=O)NCCc4cccnc4)cn23)cc1. The number of rotatable bonds is 7. The number of nitrogens with one attached hydrogen (secondary N) is 1. The van der Waals surface area contributed by atoms with Gasteiger partial charge >= 0.3 is 0 Å². The molecule has 0 saturated heterocycles. The predicted octanol–water partition coefficient (Wildman–Crippen LogP) is 4.08. The third kappa shape index (κ3) is 4.12. The van der Waals surface area contributed by atoms with Gasteiger partial charge < -0.3 is 19.4 Å². The maximum Gasteiger partial charge on any atom is 0.252 e. The molecule has 4 aromatic rings. The zero-order chi connectivity index (χ0) is 20.9. The van der Waals surface area contributed by atoms with Crippen molar-refractivity contribution in [1.82, 2.24) is 14.7 Å². The van der Waals surface area contributed by atoms with E-state index in [0.717, 1.165) is 34.8 Å². The number of pyridine rings is 2. The van der Waals surface area contributed by atoms with Crippen molar-refractivity contribution in [3.8, 4) is 5.75 Å². The van der Waals surface area contributed by atoms with Crippen molar-refractivity contribution < 1.29 is 9.53 Å². The van der Waals surface area contributed by atoms with Crippen LogP contribution in [0.2, 0.25) is 0 Å². The molecule has 0 bridgehead atoms. The largest absolute Gasteiger partial charge is 0.497 e. The lowest BCUT2D eigenvalue weighted by molar-refractivity contribution is 0.0953. The summed E-state index contributed by atoms with van der Waals surface area (Å²) in [5, 5.41) is 2.99. The lowest BCUT2D eigenvalue weighted by Crippen LogP contribution is -2.26. The first kappa shape index (κ1) is 19.5. The number of hydrogen-bond acceptors (Lipinski definition) is 4. The number of carbonyl (C=O) groups excluding carboxylic acids is 1. The second-order valence-corrected chi connectivity index (χ2v) is 7.03. The Balaban J connectivity index is 1.51. The van der Waals surface area contributed by atoms with E-state index >= 15 is 0 Å². The van der Waals surface area contributed by atoms with Gasteiger partial charge in [0.25, 0.3) is 5.91 Å². The molecule has 1 N–H and O–H groups in total. The smallest absolute Gasteiger partial charge is 0.252 e. The van der Waals surface area contributed by atoms with E-state index in [-0.39, 0.29) is 5.91 Å². The van der Waals surface area contributed by atoms with Crippen LogP contribution in [-0.4, -0.2) is 36.0 Å². The van der Waals surface area contributed by atoms with Crippen molar-refractivity contribution >= 4 is 22.9 Å². The molecule has 0 saturated carbocycles. The van der Waals surface area contributed by atoms with E-state index in [9.17, 15) is 4.79 Å². The predicted molar refractivity (Wildman–Crippen MR) is 119 cm³/mol. The van der Waals surface area contributed by atoms with Gasteiger partial charge in [0.05, 0.1) is 12.7 Å². The van der Waals surface area contributed by atoms with Crippen molar-refractivity contribution in [1.29, 1.82) is 0 Å². The third-order valence-electron chi connectivity index (χ3n) is 5.12. The molecule has 6 nitrogen and oxygen atoms in total. The number of nitrogens with zero attached hydrogens (tertiary/aromatic N) is 3. The Morgan fingerprint density at radius 3 is 2.63 bits per heavy atom. The van der Waals surface area contributed by atoms with Gasteiger partial charge in [-0.3, -0.25) is 9.78 Å². The van der Waals surface area contributed by atoms with Gasteiger partial charge in [0, 0.05) is 43.4 Å². The van der Waals surface area contributed by atoms with Crippen LogP contribution >= 0.6 is 0 Å². The van der Waals surface area contributed by atoms with Crippen molar-refractivity contribution in [2.75, 3.05) is 25.6 Å². The molecule has 0 aliphatic rings. The molecule has 152 valence electrons. The molecule has 0 atom stereocenters. The zero-order valence-corrected chi connectivity index (χ0v) is 17.1. The fourth-order valence-corrected chi connectivity index (χ4v) is 3.40. The molecule has 3 aromatic heterocycles. The summed E-state index contributed by atoms with van der Waals surface area (Å²) in [4.78, 5) is 18.8. The van der Waals surface area contributed by atoms with Crippen LogP contribution in [0.4, 0.5) is 11.5 Å². The van der Waals surface area contributed by atoms with Gasteiger partial charge in [0.1, 0.15) is 11.6 Å². The van der Waals surface area contributed by atoms with Crippen LogP contribution < -0.4 is 15.0 Å². The van der Waals surface area contributed by atoms with E-state index in [1.807, 2.05) is 84.5 Å². The highest BCUT2D eigenvalue weighted by molar-refractivity contribution is 5.94. The van der Waals surface area contributed by atoms with Crippen LogP contribution in [0.15, 0.2) is 79.3 Å². The molecule has 6 heteroatoms. The van der Waals surface area contributed by atoms with Crippen LogP contribution in [0.5, 0.6) is 5.75 Å². The third-order valence-corrected chi connectivity index (χ3v) is 5.12. The molecular formula is C24H24N4O2. The Morgan fingerprint density at radius 1 is 1.10 bits per heavy atom. The molecule has 4 rings (SSSR count). The van der Waals surface area contributed by atoms with Gasteiger partial charge in [-0.15, -0.1) is 0 Å². The molecule has 0 fully saturated rings. The van der Waals surface area contributed by atoms with Crippen LogP contribution in [0.1, 0.15) is 15.9 Å². The molecule has 0 aliphatic carbocycles. The maximum atomic E-state index is 12.7. The van der Waals surface area contributed by atoms with Crippen molar-refractivity contribution in [2.45, 2.75) is 6.42 Å². The number of fused-ring (bicyclic) bond motifs is 1. The molecule has 0 unspecified atom stereocenters. The quantitative estimate of drug-likeness (QED) is 0.508. The van der Waals surface area contributed by atoms with Crippen LogP contribution in [-0.2, 0) is 6.42 Å². The van der Waals surface area contributed by atoms with Crippen molar-refractivity contribution in [3.05, 3.63) is 90.4 Å². The van der Waals surface area contributed by atoms with Crippen molar-refractivity contribution in [2.24, 2.45) is 0 Å². The number of amides is 1. The zero-order valence-electron chi connectivity index (χ0n) is 17.1. The van der Waals surface area contributed by atoms with Gasteiger partial charge in [-0.05, 0) is 66.6 Å². The maximum absolute atomic E-state index is 12.7. The summed E-state index contributed by atoms with van der Waals surface area (Å²) in [6.45, 7) is 0.562. The van der Waals surface area contributed by atoms with E-state index in [4.69, 9.17) is 4.74 Å². The summed E-state index contributed by atoms with van der Waals surface area (Å²) < 4.78 is 7.27. The van der Waals surface area contributed by atoms with Gasteiger partial charge in [0.15, 0.2) is 0 Å². The van der Waals surface area contributed by atoms with Crippen LogP contribution in [0.3, 0.4) is 0 Å². The highest BCUT2D eigenvalue weighted by Gasteiger charge is 2.12. The fourth-order valence-electron chi connectivity index (χ4n) is 3.40. The number of carbonyl (C=O) groups is 1. The summed E-state index contributed by atoms with van der Waals surface area (Å²) in [6, 6.07) is 19.7. The highest BCUT2D eigenvalue weighted by atomic mass is 16.5. The molecule has 3 heterocycles. The second kappa shape index (κ2) is 8.69. The Hall–Kier alpha value is -3.80. The number of methoxy groups -OCH3 is 1. The minimum Gasteiger partial charge on any atom is -0.497 e.